The van der Waals surface area contributed by atoms with E-state index in [0.29, 0.717) is 163 Å². The molecule has 0 rings (SSSR count). The van der Waals surface area contributed by atoms with Crippen LogP contribution in [0.4, 0.5) is 0 Å². The van der Waals surface area contributed by atoms with Gasteiger partial charge in [0.05, 0.1) is 0 Å². The number of hydrogen-bond donors (Lipinski definition) is 10. The zero-order chi connectivity index (χ0) is 74.2. The van der Waals surface area contributed by atoms with Crippen LogP contribution in [0.1, 0.15) is 209 Å². The first-order chi connectivity index (χ1) is 48.2. The number of unbranched alkanes of at least 4 members (excludes halogenated alkanes) is 1. The van der Waals surface area contributed by atoms with Crippen LogP contribution in [-0.4, -0.2) is 283 Å². The van der Waals surface area contributed by atoms with Crippen LogP contribution in [0.5, 0.6) is 0 Å². The average molecular weight is 1420 g/mol. The second kappa shape index (κ2) is 64.9. The lowest BCUT2D eigenvalue weighted by Gasteiger charge is -2.28. The smallest absolute Gasteiger partial charge is 0.221 e. The number of carbonyl (C=O) groups is 12. The molecule has 0 spiro atoms. The van der Waals surface area contributed by atoms with Gasteiger partial charge in [0.1, 0.15) is 11.6 Å². The van der Waals surface area contributed by atoms with Crippen LogP contribution in [-0.2, 0) is 57.5 Å². The van der Waals surface area contributed by atoms with Crippen LogP contribution in [0.3, 0.4) is 0 Å². The molecule has 0 radical (unpaired) electrons. The van der Waals surface area contributed by atoms with E-state index in [-0.39, 0.29) is 187 Å². The number of amides is 10. The molecule has 28 nitrogen and oxygen atoms in total. The first-order valence-corrected chi connectivity index (χ1v) is 38.3. The van der Waals surface area contributed by atoms with Crippen LogP contribution < -0.4 is 53.2 Å². The second-order valence-electron chi connectivity index (χ2n) is 25.8. The molecule has 0 aliphatic rings. The number of nitrogens with zero attached hydrogens (tertiary/aromatic N) is 6. The van der Waals surface area contributed by atoms with Crippen molar-refractivity contribution < 1.29 is 57.5 Å². The molecule has 100 heavy (non-hydrogen) atoms. The van der Waals surface area contributed by atoms with Crippen LogP contribution in [0.15, 0.2) is 0 Å². The van der Waals surface area contributed by atoms with Crippen molar-refractivity contribution >= 4 is 70.6 Å². The van der Waals surface area contributed by atoms with Crippen molar-refractivity contribution in [3.05, 3.63) is 0 Å². The van der Waals surface area contributed by atoms with Gasteiger partial charge in [-0.15, -0.1) is 0 Å². The molecule has 28 heteroatoms. The van der Waals surface area contributed by atoms with Gasteiger partial charge in [0, 0.05) is 267 Å². The lowest BCUT2D eigenvalue weighted by molar-refractivity contribution is -0.123. The highest BCUT2D eigenvalue weighted by Crippen LogP contribution is 2.08. The molecule has 0 saturated carbocycles. The number of ketones is 2. The topological polar surface area (TPSA) is 345 Å². The van der Waals surface area contributed by atoms with E-state index in [0.717, 1.165) is 57.8 Å². The summed E-state index contributed by atoms with van der Waals surface area (Å²) in [7, 11) is 0. The Kier molecular flexibility index (Phi) is 60.8. The Labute approximate surface area is 601 Å². The van der Waals surface area contributed by atoms with Crippen molar-refractivity contribution in [2.24, 2.45) is 0 Å². The Morgan fingerprint density at radius 1 is 0.170 bits per heavy atom. The maximum Gasteiger partial charge on any atom is 0.221 e. The van der Waals surface area contributed by atoms with Gasteiger partial charge in [-0.3, -0.25) is 57.5 Å². The molecule has 0 bridgehead atoms. The Morgan fingerprint density at radius 3 is 0.540 bits per heavy atom. The Balaban J connectivity index is 6.81. The predicted octanol–water partition coefficient (Wildman–Crippen LogP) is 2.62. The molecule has 0 heterocycles. The van der Waals surface area contributed by atoms with Crippen molar-refractivity contribution in [2.45, 2.75) is 209 Å². The molecule has 0 aromatic heterocycles. The molecule has 10 amide bonds. The van der Waals surface area contributed by atoms with Crippen LogP contribution in [0.2, 0.25) is 0 Å². The third kappa shape index (κ3) is 57.4. The first kappa shape index (κ1) is 93.8. The Hall–Kier alpha value is -6.20. The Bertz CT molecular complexity index is 1870. The van der Waals surface area contributed by atoms with Gasteiger partial charge in [-0.1, -0.05) is 61.8 Å². The maximum absolute atomic E-state index is 13.8. The van der Waals surface area contributed by atoms with E-state index in [2.05, 4.69) is 53.2 Å². The average Bonchev–Trinajstić information content (AvgIpc) is 1.08. The fraction of sp³-hybridized carbons (Fsp3) is 0.833. The summed E-state index contributed by atoms with van der Waals surface area (Å²) in [6.45, 7) is 27.7. The van der Waals surface area contributed by atoms with Crippen LogP contribution in [0, 0.1) is 0 Å². The molecule has 0 aliphatic heterocycles. The third-order valence-electron chi connectivity index (χ3n) is 16.7. The van der Waals surface area contributed by atoms with Crippen molar-refractivity contribution in [1.29, 1.82) is 0 Å². The predicted molar refractivity (Wildman–Crippen MR) is 395 cm³/mol. The molecular formula is C72H138N16O12. The molecule has 0 aromatic rings. The molecule has 578 valence electrons. The van der Waals surface area contributed by atoms with Crippen LogP contribution >= 0.6 is 0 Å². The normalized spacial score (nSPS) is 11.3. The maximum atomic E-state index is 13.8. The number of Topliss-reactive ketones (excluding diaryl/α,β-unsaturated/α-hetero) is 2. The van der Waals surface area contributed by atoms with Crippen molar-refractivity contribution in [3.63, 3.8) is 0 Å². The van der Waals surface area contributed by atoms with Gasteiger partial charge in [-0.05, 0) is 64.3 Å². The van der Waals surface area contributed by atoms with E-state index >= 15 is 0 Å². The minimum Gasteiger partial charge on any atom is -0.356 e. The number of nitrogens with one attached hydrogen (secondary N) is 10. The van der Waals surface area contributed by atoms with E-state index in [1.54, 1.807) is 0 Å². The molecular weight excluding hydrogens is 1280 g/mol. The molecule has 0 atom stereocenters. The summed E-state index contributed by atoms with van der Waals surface area (Å²) < 4.78 is 0. The fourth-order valence-corrected chi connectivity index (χ4v) is 10.4. The third-order valence-corrected chi connectivity index (χ3v) is 16.7. The van der Waals surface area contributed by atoms with Gasteiger partial charge >= 0.3 is 0 Å². The SMILES string of the molecule is CCCCC(=O)CCN(CCNC(=O)CCN(CCC(=O)NCCN(CCC(=O)NCCC)CCC(=O)NCCC)CCN(CCC(=O)CCCN(CCC(=O)NCCC)CCC(=O)NCCC)CCC(=O)NCCN(CCC(=O)NCCC)CCC(=O)NCCC)CCC(=O)NCCC. The minimum atomic E-state index is -0.234. The number of rotatable bonds is 69. The van der Waals surface area contributed by atoms with Gasteiger partial charge in [-0.25, -0.2) is 0 Å². The van der Waals surface area contributed by atoms with Gasteiger partial charge in [0.2, 0.25) is 59.1 Å². The van der Waals surface area contributed by atoms with Gasteiger partial charge in [0.25, 0.3) is 0 Å². The monoisotopic (exact) mass is 1420 g/mol. The molecule has 0 unspecified atom stereocenters. The summed E-state index contributed by atoms with van der Waals surface area (Å²) in [6.07, 6.45) is 11.1. The summed E-state index contributed by atoms with van der Waals surface area (Å²) in [4.78, 5) is 168. The zero-order valence-electron chi connectivity index (χ0n) is 63.4. The van der Waals surface area contributed by atoms with Crippen molar-refractivity contribution in [1.82, 2.24) is 82.6 Å². The molecule has 0 saturated heterocycles. The van der Waals surface area contributed by atoms with E-state index < -0.39 is 0 Å². The summed E-state index contributed by atoms with van der Waals surface area (Å²) in [5, 5.41) is 29.4. The summed E-state index contributed by atoms with van der Waals surface area (Å²) in [5.41, 5.74) is 0. The van der Waals surface area contributed by atoms with Gasteiger partial charge in [0.15, 0.2) is 0 Å². The highest BCUT2D eigenvalue weighted by atomic mass is 16.2. The molecule has 0 fully saturated rings. The Morgan fingerprint density at radius 2 is 0.340 bits per heavy atom. The van der Waals surface area contributed by atoms with Gasteiger partial charge < -0.3 is 82.6 Å². The summed E-state index contributed by atoms with van der Waals surface area (Å²) >= 11 is 0. The van der Waals surface area contributed by atoms with E-state index in [4.69, 9.17) is 0 Å². The molecule has 0 aromatic carbocycles. The lowest BCUT2D eigenvalue weighted by atomic mass is 10.1. The zero-order valence-corrected chi connectivity index (χ0v) is 63.4. The highest BCUT2D eigenvalue weighted by molar-refractivity contribution is 5.81. The van der Waals surface area contributed by atoms with E-state index in [1.165, 1.54) is 0 Å². The number of hydrogen-bond acceptors (Lipinski definition) is 18. The second-order valence-corrected chi connectivity index (χ2v) is 25.8. The first-order valence-electron chi connectivity index (χ1n) is 38.3. The highest BCUT2D eigenvalue weighted by Gasteiger charge is 2.20. The standard InChI is InChI=1S/C72H138N16O12/c1-9-17-19-61(89)21-44-84(48-25-65(93)75-35-12-4)56-40-80-71(99)31-54-88(55-32-72(100)82-42-58-86(51-28-68(96)78-38-15-7)52-29-69(97)79-39-16-8)60-59-87(45-22-62(90)20-18-43-83(46-23-63(91)73-33-10-2)47-24-64(92)74-34-11-3)53-30-70(98)81-41-57-85(49-26-66(94)76-36-13-5)50-27-67(95)77-37-14-6/h9-60H2,1-8H3,(H,73,91)(H,74,92)(H,75,93)(H,76,94)(H,77,95)(H,78,96)(H,79,97)(H,80,99)(H,81,98)(H,82,100). The summed E-state index contributed by atoms with van der Waals surface area (Å²) in [6, 6.07) is 0. The largest absolute Gasteiger partial charge is 0.356 e. The van der Waals surface area contributed by atoms with Crippen LogP contribution in [0.25, 0.3) is 0 Å². The summed E-state index contributed by atoms with van der Waals surface area (Å²) in [5.74, 6) is -1.10. The fourth-order valence-electron chi connectivity index (χ4n) is 10.4. The van der Waals surface area contributed by atoms with E-state index in [1.807, 2.05) is 84.8 Å². The molecule has 10 N–H and O–H groups in total. The van der Waals surface area contributed by atoms with Gasteiger partial charge in [-0.2, -0.15) is 0 Å². The molecule has 0 aliphatic carbocycles. The van der Waals surface area contributed by atoms with Crippen molar-refractivity contribution in [3.8, 4) is 0 Å². The number of carbonyl (C=O) groups excluding carboxylic acids is 12. The quantitative estimate of drug-likeness (QED) is 0.0418. The van der Waals surface area contributed by atoms with Crippen molar-refractivity contribution in [2.75, 3.05) is 183 Å². The lowest BCUT2D eigenvalue weighted by Crippen LogP contribution is -2.42. The van der Waals surface area contributed by atoms with E-state index in [9.17, 15) is 57.5 Å². The minimum absolute atomic E-state index is 0.00678.